The van der Waals surface area contributed by atoms with Crippen LogP contribution in [0.5, 0.6) is 0 Å². The predicted octanol–water partition coefficient (Wildman–Crippen LogP) is 3.34. The van der Waals surface area contributed by atoms with Gasteiger partial charge in [-0.3, -0.25) is 4.79 Å². The Morgan fingerprint density at radius 2 is 2.11 bits per heavy atom. The van der Waals surface area contributed by atoms with Crippen LogP contribution in [-0.2, 0) is 16.8 Å². The molecule has 7 heteroatoms. The molecule has 0 saturated carbocycles. The zero-order chi connectivity index (χ0) is 19.1. The molecular weight excluding hydrogens is 372 g/mol. The molecule has 6 nitrogen and oxygen atoms in total. The molecule has 0 N–H and O–H groups in total. The van der Waals surface area contributed by atoms with Crippen molar-refractivity contribution in [1.29, 1.82) is 0 Å². The number of pyridine rings is 1. The molecule has 1 spiro atoms. The van der Waals surface area contributed by atoms with Crippen molar-refractivity contribution in [1.82, 2.24) is 19.7 Å². The van der Waals surface area contributed by atoms with Crippen molar-refractivity contribution in [2.45, 2.75) is 31.8 Å². The number of piperidine rings is 1. The molecule has 2 aliphatic heterocycles. The molecule has 28 heavy (non-hydrogen) atoms. The van der Waals surface area contributed by atoms with Gasteiger partial charge in [0.15, 0.2) is 5.82 Å². The molecule has 0 aromatic carbocycles. The Kier molecular flexibility index (Phi) is 4.29. The molecule has 1 fully saturated rings. The summed E-state index contributed by atoms with van der Waals surface area (Å²) in [6.07, 6.45) is 6.07. The van der Waals surface area contributed by atoms with Crippen molar-refractivity contribution < 1.29 is 9.53 Å². The van der Waals surface area contributed by atoms with Gasteiger partial charge in [-0.05, 0) is 48.9 Å². The molecular formula is C21H22N4O2S. The van der Waals surface area contributed by atoms with E-state index in [-0.39, 0.29) is 11.5 Å². The molecule has 5 rings (SSSR count). The number of amides is 1. The molecule has 0 unspecified atom stereocenters. The van der Waals surface area contributed by atoms with Crippen molar-refractivity contribution in [3.05, 3.63) is 63.7 Å². The number of carbonyl (C=O) groups excluding carboxylic acids is 1. The van der Waals surface area contributed by atoms with Gasteiger partial charge < -0.3 is 9.64 Å². The van der Waals surface area contributed by atoms with Gasteiger partial charge in [0, 0.05) is 30.6 Å². The van der Waals surface area contributed by atoms with E-state index in [1.807, 2.05) is 41.4 Å². The van der Waals surface area contributed by atoms with E-state index >= 15 is 0 Å². The molecule has 144 valence electrons. The van der Waals surface area contributed by atoms with Crippen LogP contribution in [0.1, 0.15) is 39.3 Å². The molecule has 1 saturated heterocycles. The van der Waals surface area contributed by atoms with Gasteiger partial charge in [0.2, 0.25) is 0 Å². The van der Waals surface area contributed by atoms with Crippen molar-refractivity contribution in [3.8, 4) is 5.82 Å². The lowest BCUT2D eigenvalue weighted by Gasteiger charge is -2.44. The van der Waals surface area contributed by atoms with Crippen molar-refractivity contribution in [2.75, 3.05) is 19.7 Å². The third-order valence-corrected chi connectivity index (χ3v) is 6.89. The maximum Gasteiger partial charge on any atom is 0.257 e. The number of aromatic nitrogens is 3. The van der Waals surface area contributed by atoms with Gasteiger partial charge in [0.05, 0.1) is 29.7 Å². The number of carbonyl (C=O) groups is 1. The summed E-state index contributed by atoms with van der Waals surface area (Å²) >= 11 is 1.82. The van der Waals surface area contributed by atoms with Crippen LogP contribution in [0, 0.1) is 6.92 Å². The quantitative estimate of drug-likeness (QED) is 0.669. The van der Waals surface area contributed by atoms with Gasteiger partial charge in [-0.15, -0.1) is 11.3 Å². The summed E-state index contributed by atoms with van der Waals surface area (Å²) in [5, 5.41) is 6.55. The lowest BCUT2D eigenvalue weighted by molar-refractivity contribution is -0.0926. The highest BCUT2D eigenvalue weighted by Gasteiger charge is 2.42. The topological polar surface area (TPSA) is 60.3 Å². The van der Waals surface area contributed by atoms with Crippen LogP contribution < -0.4 is 0 Å². The SMILES string of the molecule is Cc1c(C(=O)N2CCC3(CC2)OCCc2sccc23)cnn1-c1ccccn1. The molecule has 2 aliphatic rings. The van der Waals surface area contributed by atoms with E-state index in [0.717, 1.165) is 37.4 Å². The molecule has 0 aliphatic carbocycles. The Hall–Kier alpha value is -2.51. The fourth-order valence-electron chi connectivity index (χ4n) is 4.34. The Labute approximate surface area is 167 Å². The van der Waals surface area contributed by atoms with Gasteiger partial charge in [-0.25, -0.2) is 9.67 Å². The third kappa shape index (κ3) is 2.77. The number of likely N-dealkylation sites (tertiary alicyclic amines) is 1. The maximum absolute atomic E-state index is 13.1. The van der Waals surface area contributed by atoms with Crippen LogP contribution in [0.25, 0.3) is 5.82 Å². The molecule has 0 radical (unpaired) electrons. The molecule has 1 amide bonds. The maximum atomic E-state index is 13.1. The number of nitrogens with zero attached hydrogens (tertiary/aromatic N) is 4. The van der Waals surface area contributed by atoms with Gasteiger partial charge in [-0.2, -0.15) is 5.10 Å². The zero-order valence-electron chi connectivity index (χ0n) is 15.8. The smallest absolute Gasteiger partial charge is 0.257 e. The minimum atomic E-state index is -0.211. The molecule has 3 aromatic heterocycles. The second-order valence-corrected chi connectivity index (χ2v) is 8.39. The summed E-state index contributed by atoms with van der Waals surface area (Å²) in [5.41, 5.74) is 2.59. The minimum absolute atomic E-state index is 0.0379. The van der Waals surface area contributed by atoms with Gasteiger partial charge in [0.25, 0.3) is 5.91 Å². The van der Waals surface area contributed by atoms with Crippen LogP contribution >= 0.6 is 11.3 Å². The van der Waals surface area contributed by atoms with Crippen molar-refractivity contribution in [3.63, 3.8) is 0 Å². The molecule has 0 bridgehead atoms. The predicted molar refractivity (Wildman–Crippen MR) is 107 cm³/mol. The Bertz CT molecular complexity index is 1000. The Balaban J connectivity index is 1.34. The largest absolute Gasteiger partial charge is 0.370 e. The van der Waals surface area contributed by atoms with Crippen LogP contribution in [0.2, 0.25) is 0 Å². The van der Waals surface area contributed by atoms with E-state index in [4.69, 9.17) is 4.74 Å². The lowest BCUT2D eigenvalue weighted by atomic mass is 9.82. The fourth-order valence-corrected chi connectivity index (χ4v) is 5.29. The number of thiophene rings is 1. The summed E-state index contributed by atoms with van der Waals surface area (Å²) in [4.78, 5) is 20.8. The van der Waals surface area contributed by atoms with Crippen molar-refractivity contribution in [2.24, 2.45) is 0 Å². The van der Waals surface area contributed by atoms with Crippen molar-refractivity contribution >= 4 is 17.2 Å². The summed E-state index contributed by atoms with van der Waals surface area (Å²) in [5.74, 6) is 0.758. The molecule has 5 heterocycles. The number of ether oxygens (including phenoxy) is 1. The lowest BCUT2D eigenvalue weighted by Crippen LogP contribution is -2.48. The number of hydrogen-bond acceptors (Lipinski definition) is 5. The Morgan fingerprint density at radius 1 is 1.25 bits per heavy atom. The highest BCUT2D eigenvalue weighted by Crippen LogP contribution is 2.43. The first kappa shape index (κ1) is 17.6. The van der Waals surface area contributed by atoms with Crippen LogP contribution in [0.15, 0.2) is 42.0 Å². The molecule has 0 atom stereocenters. The van der Waals surface area contributed by atoms with E-state index < -0.39 is 0 Å². The van der Waals surface area contributed by atoms with E-state index in [9.17, 15) is 4.79 Å². The standard InChI is InChI=1S/C21H22N4O2S/c1-15-16(14-23-25(15)19-4-2-3-9-22-19)20(26)24-10-7-21(8-11-24)17-6-13-28-18(17)5-12-27-21/h2-4,6,9,13-14H,5,7-8,10-12H2,1H3. The van der Waals surface area contributed by atoms with E-state index in [2.05, 4.69) is 21.5 Å². The summed E-state index contributed by atoms with van der Waals surface area (Å²) in [6, 6.07) is 7.87. The first-order chi connectivity index (χ1) is 13.7. The second-order valence-electron chi connectivity index (χ2n) is 7.39. The fraction of sp³-hybridized carbons (Fsp3) is 0.381. The average molecular weight is 395 g/mol. The Morgan fingerprint density at radius 3 is 2.89 bits per heavy atom. The monoisotopic (exact) mass is 394 g/mol. The molecule has 3 aromatic rings. The van der Waals surface area contributed by atoms with E-state index in [1.54, 1.807) is 17.1 Å². The first-order valence-corrected chi connectivity index (χ1v) is 10.5. The third-order valence-electron chi connectivity index (χ3n) is 5.91. The average Bonchev–Trinajstić information content (AvgIpc) is 3.36. The van der Waals surface area contributed by atoms with Gasteiger partial charge in [-0.1, -0.05) is 6.07 Å². The normalized spacial score (nSPS) is 18.2. The zero-order valence-corrected chi connectivity index (χ0v) is 16.6. The van der Waals surface area contributed by atoms with Crippen LogP contribution in [0.3, 0.4) is 0 Å². The minimum Gasteiger partial charge on any atom is -0.370 e. The number of rotatable bonds is 2. The summed E-state index contributed by atoms with van der Waals surface area (Å²) in [7, 11) is 0. The first-order valence-electron chi connectivity index (χ1n) is 9.64. The van der Waals surface area contributed by atoms with Crippen LogP contribution in [0.4, 0.5) is 0 Å². The van der Waals surface area contributed by atoms with E-state index in [0.29, 0.717) is 18.7 Å². The number of fused-ring (bicyclic) bond motifs is 2. The highest BCUT2D eigenvalue weighted by molar-refractivity contribution is 7.10. The highest BCUT2D eigenvalue weighted by atomic mass is 32.1. The van der Waals surface area contributed by atoms with Crippen LogP contribution in [-0.4, -0.2) is 45.3 Å². The second kappa shape index (κ2) is 6.83. The van der Waals surface area contributed by atoms with Gasteiger partial charge in [0.1, 0.15) is 0 Å². The summed E-state index contributed by atoms with van der Waals surface area (Å²) in [6.45, 7) is 4.09. The number of hydrogen-bond donors (Lipinski definition) is 0. The summed E-state index contributed by atoms with van der Waals surface area (Å²) < 4.78 is 7.98. The van der Waals surface area contributed by atoms with Gasteiger partial charge >= 0.3 is 0 Å². The van der Waals surface area contributed by atoms with E-state index in [1.165, 1.54) is 10.4 Å².